The van der Waals surface area contributed by atoms with Crippen LogP contribution in [0.2, 0.25) is 0 Å². The summed E-state index contributed by atoms with van der Waals surface area (Å²) in [6, 6.07) is 4.23. The van der Waals surface area contributed by atoms with Crippen molar-refractivity contribution < 1.29 is 9.18 Å². The molecule has 4 nitrogen and oxygen atoms in total. The highest BCUT2D eigenvalue weighted by molar-refractivity contribution is 6.03. The minimum absolute atomic E-state index is 0.0219. The maximum atomic E-state index is 13.2. The molecule has 5 heteroatoms. The van der Waals surface area contributed by atoms with Gasteiger partial charge in [0, 0.05) is 19.6 Å². The lowest BCUT2D eigenvalue weighted by atomic mass is 10.1. The van der Waals surface area contributed by atoms with Gasteiger partial charge in [-0.15, -0.1) is 0 Å². The molecule has 0 aliphatic carbocycles. The van der Waals surface area contributed by atoms with Crippen LogP contribution in [0.25, 0.3) is 0 Å². The topological polar surface area (TPSA) is 44.4 Å². The van der Waals surface area contributed by atoms with Crippen LogP contribution in [-0.4, -0.2) is 31.6 Å². The van der Waals surface area contributed by atoms with Crippen LogP contribution in [0.15, 0.2) is 18.2 Å². The molecule has 1 amide bonds. The molecule has 0 spiro atoms. The lowest BCUT2D eigenvalue weighted by molar-refractivity contribution is -0.117. The van der Waals surface area contributed by atoms with E-state index >= 15 is 0 Å². The predicted octanol–water partition coefficient (Wildman–Crippen LogP) is 0.556. The third-order valence-electron chi connectivity index (χ3n) is 3.07. The maximum Gasteiger partial charge on any atom is 0.248 e. The summed E-state index contributed by atoms with van der Waals surface area (Å²) in [6.07, 6.45) is 0. The van der Waals surface area contributed by atoms with E-state index in [4.69, 9.17) is 0 Å². The number of hydrogen-bond acceptors (Lipinski definition) is 3. The van der Waals surface area contributed by atoms with Gasteiger partial charge in [0.2, 0.25) is 5.91 Å². The van der Waals surface area contributed by atoms with Crippen molar-refractivity contribution in [2.24, 2.45) is 0 Å². The first-order valence-corrected chi connectivity index (χ1v) is 5.33. The molecule has 0 radical (unpaired) electrons. The lowest BCUT2D eigenvalue weighted by Crippen LogP contribution is -2.58. The van der Waals surface area contributed by atoms with Gasteiger partial charge in [-0.1, -0.05) is 0 Å². The second-order valence-corrected chi connectivity index (χ2v) is 4.06. The fourth-order valence-corrected chi connectivity index (χ4v) is 2.29. The van der Waals surface area contributed by atoms with Gasteiger partial charge in [0.05, 0.1) is 11.4 Å². The van der Waals surface area contributed by atoms with Gasteiger partial charge in [0.25, 0.3) is 0 Å². The smallest absolute Gasteiger partial charge is 0.248 e. The van der Waals surface area contributed by atoms with E-state index < -0.39 is 0 Å². The van der Waals surface area contributed by atoms with E-state index in [0.29, 0.717) is 12.2 Å². The number of amides is 1. The van der Waals surface area contributed by atoms with E-state index in [0.717, 1.165) is 18.8 Å². The van der Waals surface area contributed by atoms with Crippen molar-refractivity contribution in [1.29, 1.82) is 0 Å². The minimum atomic E-state index is -0.271. The van der Waals surface area contributed by atoms with Crippen molar-refractivity contribution in [1.82, 2.24) is 5.32 Å². The molecule has 0 bridgehead atoms. The standard InChI is InChI=1S/C11H12FN3O/c12-7-1-2-8-9(5-7)15-4-3-13-6-10(15)11(16)14-8/h1-2,5,10,13H,3-4,6H2,(H,14,16). The van der Waals surface area contributed by atoms with Crippen molar-refractivity contribution in [3.8, 4) is 0 Å². The summed E-state index contributed by atoms with van der Waals surface area (Å²) in [4.78, 5) is 13.8. The van der Waals surface area contributed by atoms with Crippen molar-refractivity contribution >= 4 is 17.3 Å². The molecular formula is C11H12FN3O. The molecule has 2 aliphatic rings. The molecule has 1 atom stereocenters. The Morgan fingerprint density at radius 2 is 2.31 bits per heavy atom. The van der Waals surface area contributed by atoms with Crippen LogP contribution in [0.4, 0.5) is 15.8 Å². The Balaban J connectivity index is 2.07. The molecule has 2 heterocycles. The zero-order valence-corrected chi connectivity index (χ0v) is 8.66. The van der Waals surface area contributed by atoms with Crippen molar-refractivity contribution in [2.75, 3.05) is 29.9 Å². The van der Waals surface area contributed by atoms with E-state index in [-0.39, 0.29) is 17.8 Å². The van der Waals surface area contributed by atoms with E-state index in [9.17, 15) is 9.18 Å². The van der Waals surface area contributed by atoms with Crippen LogP contribution in [0, 0.1) is 5.82 Å². The highest BCUT2D eigenvalue weighted by Gasteiger charge is 2.34. The Hall–Kier alpha value is -1.62. The van der Waals surface area contributed by atoms with Crippen LogP contribution in [0.5, 0.6) is 0 Å². The van der Waals surface area contributed by atoms with Gasteiger partial charge in [-0.25, -0.2) is 4.39 Å². The minimum Gasteiger partial charge on any atom is -0.355 e. The van der Waals surface area contributed by atoms with Crippen LogP contribution in [0.3, 0.4) is 0 Å². The number of rotatable bonds is 0. The first-order chi connectivity index (χ1) is 7.75. The first kappa shape index (κ1) is 9.59. The zero-order chi connectivity index (χ0) is 11.1. The molecule has 16 heavy (non-hydrogen) atoms. The number of halogens is 1. The maximum absolute atomic E-state index is 13.2. The van der Waals surface area contributed by atoms with E-state index in [1.807, 2.05) is 4.90 Å². The Kier molecular flexibility index (Phi) is 2.07. The number of piperazine rings is 1. The van der Waals surface area contributed by atoms with Crippen molar-refractivity contribution in [3.63, 3.8) is 0 Å². The number of hydrogen-bond donors (Lipinski definition) is 2. The molecule has 1 unspecified atom stereocenters. The number of nitrogens with one attached hydrogen (secondary N) is 2. The molecule has 0 saturated carbocycles. The van der Waals surface area contributed by atoms with Crippen LogP contribution >= 0.6 is 0 Å². The SMILES string of the molecule is O=C1Nc2ccc(F)cc2N2CCNCC12. The Morgan fingerprint density at radius 1 is 1.44 bits per heavy atom. The molecule has 2 aliphatic heterocycles. The molecule has 84 valence electrons. The quantitative estimate of drug-likeness (QED) is 0.672. The third-order valence-corrected chi connectivity index (χ3v) is 3.07. The van der Waals surface area contributed by atoms with Crippen LogP contribution in [-0.2, 0) is 4.79 Å². The van der Waals surface area contributed by atoms with E-state index in [1.165, 1.54) is 12.1 Å². The third kappa shape index (κ3) is 1.36. The summed E-state index contributed by atoms with van der Waals surface area (Å²) in [5.74, 6) is -0.293. The fraction of sp³-hybridized carbons (Fsp3) is 0.364. The van der Waals surface area contributed by atoms with Gasteiger partial charge in [-0.05, 0) is 18.2 Å². The van der Waals surface area contributed by atoms with Gasteiger partial charge >= 0.3 is 0 Å². The largest absolute Gasteiger partial charge is 0.355 e. The number of benzene rings is 1. The Labute approximate surface area is 92.4 Å². The summed E-state index contributed by atoms with van der Waals surface area (Å²) in [5.41, 5.74) is 1.48. The second-order valence-electron chi connectivity index (χ2n) is 4.06. The molecule has 0 aromatic heterocycles. The van der Waals surface area contributed by atoms with Crippen LogP contribution in [0.1, 0.15) is 0 Å². The average Bonchev–Trinajstić information content (AvgIpc) is 2.31. The summed E-state index contributed by atoms with van der Waals surface area (Å²) < 4.78 is 13.2. The van der Waals surface area contributed by atoms with Gasteiger partial charge in [-0.3, -0.25) is 4.79 Å². The number of nitrogens with zero attached hydrogens (tertiary/aromatic N) is 1. The monoisotopic (exact) mass is 221 g/mol. The molecule has 1 aromatic rings. The average molecular weight is 221 g/mol. The molecule has 1 aromatic carbocycles. The van der Waals surface area contributed by atoms with Gasteiger partial charge in [-0.2, -0.15) is 0 Å². The number of carbonyl (C=O) groups excluding carboxylic acids is 1. The van der Waals surface area contributed by atoms with Gasteiger partial charge in [0.15, 0.2) is 0 Å². The van der Waals surface area contributed by atoms with Crippen molar-refractivity contribution in [2.45, 2.75) is 6.04 Å². The summed E-state index contributed by atoms with van der Waals surface area (Å²) in [5, 5.41) is 5.96. The van der Waals surface area contributed by atoms with E-state index in [2.05, 4.69) is 10.6 Å². The molecule has 1 fully saturated rings. The van der Waals surface area contributed by atoms with E-state index in [1.54, 1.807) is 6.07 Å². The highest BCUT2D eigenvalue weighted by atomic mass is 19.1. The first-order valence-electron chi connectivity index (χ1n) is 5.33. The molecule has 1 saturated heterocycles. The predicted molar refractivity (Wildman–Crippen MR) is 59.0 cm³/mol. The highest BCUT2D eigenvalue weighted by Crippen LogP contribution is 2.32. The lowest BCUT2D eigenvalue weighted by Gasteiger charge is -2.41. The summed E-state index contributed by atoms with van der Waals surface area (Å²) in [6.45, 7) is 2.16. The number of anilines is 2. The van der Waals surface area contributed by atoms with Crippen molar-refractivity contribution in [3.05, 3.63) is 24.0 Å². The number of carbonyl (C=O) groups is 1. The molecule has 2 N–H and O–H groups in total. The second kappa shape index (κ2) is 3.45. The Bertz CT molecular complexity index is 449. The van der Waals surface area contributed by atoms with Gasteiger partial charge < -0.3 is 15.5 Å². The summed E-state index contributed by atoms with van der Waals surface area (Å²) >= 11 is 0. The number of fused-ring (bicyclic) bond motifs is 3. The fourth-order valence-electron chi connectivity index (χ4n) is 2.29. The molecular weight excluding hydrogens is 209 g/mol. The Morgan fingerprint density at radius 3 is 3.19 bits per heavy atom. The van der Waals surface area contributed by atoms with Gasteiger partial charge in [0.1, 0.15) is 11.9 Å². The molecule has 3 rings (SSSR count). The normalized spacial score (nSPS) is 23.4. The summed E-state index contributed by atoms with van der Waals surface area (Å²) in [7, 11) is 0. The zero-order valence-electron chi connectivity index (χ0n) is 8.66. The van der Waals surface area contributed by atoms with Crippen LogP contribution < -0.4 is 15.5 Å².